The Labute approximate surface area is 138 Å². The molecule has 4 nitrogen and oxygen atoms in total. The van der Waals surface area contributed by atoms with Gasteiger partial charge in [-0.3, -0.25) is 0 Å². The van der Waals surface area contributed by atoms with Crippen LogP contribution >= 0.6 is 0 Å². The van der Waals surface area contributed by atoms with Gasteiger partial charge in [0.15, 0.2) is 0 Å². The van der Waals surface area contributed by atoms with Gasteiger partial charge in [-0.1, -0.05) is 29.8 Å². The molecule has 0 spiro atoms. The van der Waals surface area contributed by atoms with Gasteiger partial charge >= 0.3 is 0 Å². The van der Waals surface area contributed by atoms with Gasteiger partial charge in [-0.25, -0.2) is 13.1 Å². The normalized spacial score (nSPS) is 15.1. The fraction of sp³-hybridized carbons (Fsp3) is 0.444. The fourth-order valence-corrected chi connectivity index (χ4v) is 4.17. The van der Waals surface area contributed by atoms with E-state index < -0.39 is 10.0 Å². The van der Waals surface area contributed by atoms with Crippen LogP contribution in [0, 0.1) is 20.8 Å². The van der Waals surface area contributed by atoms with Crippen molar-refractivity contribution in [1.29, 1.82) is 0 Å². The van der Waals surface area contributed by atoms with Gasteiger partial charge in [-0.15, -0.1) is 0 Å². The van der Waals surface area contributed by atoms with E-state index >= 15 is 0 Å². The summed E-state index contributed by atoms with van der Waals surface area (Å²) in [5.41, 5.74) is 5.42. The van der Waals surface area contributed by atoms with Crippen molar-refractivity contribution in [1.82, 2.24) is 9.29 Å². The Bertz CT molecular complexity index is 800. The van der Waals surface area contributed by atoms with Crippen LogP contribution in [-0.4, -0.2) is 13.0 Å². The van der Waals surface area contributed by atoms with Crippen molar-refractivity contribution in [2.24, 2.45) is 0 Å². The van der Waals surface area contributed by atoms with Crippen molar-refractivity contribution >= 4 is 10.0 Å². The maximum absolute atomic E-state index is 12.3. The molecule has 0 radical (unpaired) electrons. The van der Waals surface area contributed by atoms with E-state index in [9.17, 15) is 8.42 Å². The Morgan fingerprint density at radius 3 is 2.39 bits per heavy atom. The number of sulfonamides is 1. The van der Waals surface area contributed by atoms with Crippen molar-refractivity contribution in [2.75, 3.05) is 0 Å². The SMILES string of the molecule is Cc1ccc(CS(=O)(=O)NCc2cc(C)n(C3CC3)c2C)cc1. The van der Waals surface area contributed by atoms with Gasteiger partial charge in [0.05, 0.1) is 5.75 Å². The average Bonchev–Trinajstić information content (AvgIpc) is 3.26. The second-order valence-corrected chi connectivity index (χ2v) is 8.37. The Morgan fingerprint density at radius 2 is 1.78 bits per heavy atom. The molecule has 5 heteroatoms. The molecule has 1 saturated carbocycles. The van der Waals surface area contributed by atoms with Crippen LogP contribution < -0.4 is 4.72 Å². The lowest BCUT2D eigenvalue weighted by Crippen LogP contribution is -2.25. The fourth-order valence-electron chi connectivity index (χ4n) is 3.06. The summed E-state index contributed by atoms with van der Waals surface area (Å²) >= 11 is 0. The van der Waals surface area contributed by atoms with Crippen molar-refractivity contribution in [3.8, 4) is 0 Å². The van der Waals surface area contributed by atoms with E-state index in [0.29, 0.717) is 12.6 Å². The minimum Gasteiger partial charge on any atom is -0.346 e. The molecule has 1 N–H and O–H groups in total. The summed E-state index contributed by atoms with van der Waals surface area (Å²) in [7, 11) is -3.33. The zero-order valence-corrected chi connectivity index (χ0v) is 14.8. The molecule has 23 heavy (non-hydrogen) atoms. The minimum absolute atomic E-state index is 0.0225. The first-order chi connectivity index (χ1) is 10.9. The van der Waals surface area contributed by atoms with Crippen molar-refractivity contribution in [3.05, 3.63) is 58.4 Å². The molecule has 3 rings (SSSR count). The quantitative estimate of drug-likeness (QED) is 0.882. The Morgan fingerprint density at radius 1 is 1.13 bits per heavy atom. The summed E-state index contributed by atoms with van der Waals surface area (Å²) in [4.78, 5) is 0. The van der Waals surface area contributed by atoms with Crippen LogP contribution in [-0.2, 0) is 22.3 Å². The summed E-state index contributed by atoms with van der Waals surface area (Å²) in [6.07, 6.45) is 2.46. The third-order valence-electron chi connectivity index (χ3n) is 4.46. The summed E-state index contributed by atoms with van der Waals surface area (Å²) in [5, 5.41) is 0. The van der Waals surface area contributed by atoms with Crippen molar-refractivity contribution < 1.29 is 8.42 Å². The van der Waals surface area contributed by atoms with Crippen LogP contribution in [0.25, 0.3) is 0 Å². The number of hydrogen-bond acceptors (Lipinski definition) is 2. The number of aromatic nitrogens is 1. The lowest BCUT2D eigenvalue weighted by atomic mass is 10.2. The summed E-state index contributed by atoms with van der Waals surface area (Å²) in [5.74, 6) is 0.0225. The molecule has 1 aliphatic carbocycles. The minimum atomic E-state index is -3.33. The molecule has 124 valence electrons. The molecule has 1 aromatic carbocycles. The first-order valence-corrected chi connectivity index (χ1v) is 9.71. The number of hydrogen-bond donors (Lipinski definition) is 1. The first-order valence-electron chi connectivity index (χ1n) is 8.06. The predicted molar refractivity (Wildman–Crippen MR) is 92.8 cm³/mol. The summed E-state index contributed by atoms with van der Waals surface area (Å²) < 4.78 is 29.7. The smallest absolute Gasteiger partial charge is 0.216 e. The average molecular weight is 332 g/mol. The molecular formula is C18H24N2O2S. The molecule has 2 aromatic rings. The zero-order chi connectivity index (χ0) is 16.6. The van der Waals surface area contributed by atoms with Crippen LogP contribution in [0.15, 0.2) is 30.3 Å². The first kappa shape index (κ1) is 16.3. The van der Waals surface area contributed by atoms with Crippen LogP contribution in [0.3, 0.4) is 0 Å². The zero-order valence-electron chi connectivity index (χ0n) is 14.0. The molecule has 0 saturated heterocycles. The lowest BCUT2D eigenvalue weighted by Gasteiger charge is -2.09. The maximum atomic E-state index is 12.3. The van der Waals surface area contributed by atoms with Crippen molar-refractivity contribution in [2.45, 2.75) is 52.0 Å². The number of aryl methyl sites for hydroxylation is 2. The van der Waals surface area contributed by atoms with Crippen LogP contribution in [0.5, 0.6) is 0 Å². The Hall–Kier alpha value is -1.59. The van der Waals surface area contributed by atoms with Crippen LogP contribution in [0.4, 0.5) is 0 Å². The molecule has 1 fully saturated rings. The number of rotatable bonds is 6. The van der Waals surface area contributed by atoms with Crippen molar-refractivity contribution in [3.63, 3.8) is 0 Å². The van der Waals surface area contributed by atoms with Crippen LogP contribution in [0.1, 0.15) is 47.0 Å². The van der Waals surface area contributed by atoms with E-state index in [1.807, 2.05) is 31.2 Å². The van der Waals surface area contributed by atoms with Gasteiger partial charge in [0, 0.05) is 24.0 Å². The molecule has 1 heterocycles. The Kier molecular flexibility index (Phi) is 4.34. The molecule has 1 aromatic heterocycles. The predicted octanol–water partition coefficient (Wildman–Crippen LogP) is 3.37. The standard InChI is InChI=1S/C18H24N2O2S/c1-13-4-6-16(7-5-13)12-23(21,22)19-11-17-10-14(2)20(15(17)3)18-8-9-18/h4-7,10,18-19H,8-9,11-12H2,1-3H3. The third-order valence-corrected chi connectivity index (χ3v) is 5.76. The highest BCUT2D eigenvalue weighted by atomic mass is 32.2. The second-order valence-electron chi connectivity index (χ2n) is 6.56. The van der Waals surface area contributed by atoms with E-state index in [2.05, 4.69) is 29.2 Å². The lowest BCUT2D eigenvalue weighted by molar-refractivity contribution is 0.580. The van der Waals surface area contributed by atoms with E-state index in [0.717, 1.165) is 16.7 Å². The second kappa shape index (κ2) is 6.13. The Balaban J connectivity index is 1.67. The van der Waals surface area contributed by atoms with Crippen LogP contribution in [0.2, 0.25) is 0 Å². The van der Waals surface area contributed by atoms with E-state index in [1.54, 1.807) is 0 Å². The maximum Gasteiger partial charge on any atom is 0.216 e. The summed E-state index contributed by atoms with van der Waals surface area (Å²) in [6.45, 7) is 6.53. The van der Waals surface area contributed by atoms with Gasteiger partial charge < -0.3 is 4.57 Å². The molecule has 0 unspecified atom stereocenters. The highest BCUT2D eigenvalue weighted by Crippen LogP contribution is 2.38. The molecule has 0 bridgehead atoms. The third kappa shape index (κ3) is 3.85. The topological polar surface area (TPSA) is 51.1 Å². The largest absolute Gasteiger partial charge is 0.346 e. The van der Waals surface area contributed by atoms with Gasteiger partial charge in [0.25, 0.3) is 0 Å². The highest BCUT2D eigenvalue weighted by molar-refractivity contribution is 7.88. The van der Waals surface area contributed by atoms with Gasteiger partial charge in [-0.2, -0.15) is 0 Å². The number of benzene rings is 1. The van der Waals surface area contributed by atoms with Gasteiger partial charge in [0.2, 0.25) is 10.0 Å². The number of nitrogens with one attached hydrogen (secondary N) is 1. The van der Waals surface area contributed by atoms with Gasteiger partial charge in [0.1, 0.15) is 0 Å². The highest BCUT2D eigenvalue weighted by Gasteiger charge is 2.27. The van der Waals surface area contributed by atoms with E-state index in [4.69, 9.17) is 0 Å². The molecule has 0 amide bonds. The summed E-state index contributed by atoms with van der Waals surface area (Å²) in [6, 6.07) is 10.3. The van der Waals surface area contributed by atoms with E-state index in [1.165, 1.54) is 24.2 Å². The van der Waals surface area contributed by atoms with E-state index in [-0.39, 0.29) is 5.75 Å². The molecule has 0 atom stereocenters. The molecule has 0 aliphatic heterocycles. The molecule has 1 aliphatic rings. The monoisotopic (exact) mass is 332 g/mol. The number of nitrogens with zero attached hydrogens (tertiary/aromatic N) is 1. The molecular weight excluding hydrogens is 308 g/mol. The van der Waals surface area contributed by atoms with Gasteiger partial charge in [-0.05, 0) is 50.8 Å².